The Morgan fingerprint density at radius 1 is 1.12 bits per heavy atom. The second-order valence-electron chi connectivity index (χ2n) is 6.13. The van der Waals surface area contributed by atoms with E-state index in [0.29, 0.717) is 16.3 Å². The van der Waals surface area contributed by atoms with E-state index in [4.69, 9.17) is 11.6 Å². The van der Waals surface area contributed by atoms with Gasteiger partial charge in [0.25, 0.3) is 0 Å². The van der Waals surface area contributed by atoms with Crippen LogP contribution < -0.4 is 15.5 Å². The van der Waals surface area contributed by atoms with Crippen LogP contribution in [0.4, 0.5) is 11.4 Å². The van der Waals surface area contributed by atoms with Crippen molar-refractivity contribution in [3.8, 4) is 0 Å². The van der Waals surface area contributed by atoms with Gasteiger partial charge in [-0.3, -0.25) is 9.59 Å². The maximum absolute atomic E-state index is 11.9. The van der Waals surface area contributed by atoms with Gasteiger partial charge in [-0.2, -0.15) is 0 Å². The molecule has 2 aromatic carbocycles. The van der Waals surface area contributed by atoms with E-state index in [2.05, 4.69) is 10.6 Å². The highest BCUT2D eigenvalue weighted by molar-refractivity contribution is 6.39. The Morgan fingerprint density at radius 3 is 2.35 bits per heavy atom. The Kier molecular flexibility index (Phi) is 6.60. The van der Waals surface area contributed by atoms with Crippen LogP contribution in [0.2, 0.25) is 5.02 Å². The molecule has 1 unspecified atom stereocenters. The minimum atomic E-state index is -0.906. The van der Waals surface area contributed by atoms with Gasteiger partial charge in [0, 0.05) is 37.0 Å². The molecule has 0 saturated heterocycles. The lowest BCUT2D eigenvalue weighted by atomic mass is 10.1. The number of aryl methyl sites for hydroxylation is 1. The number of hydrogen-bond acceptors (Lipinski definition) is 4. The third-order valence-electron chi connectivity index (χ3n) is 3.89. The number of benzene rings is 2. The fourth-order valence-corrected chi connectivity index (χ4v) is 2.42. The maximum atomic E-state index is 11.9. The van der Waals surface area contributed by atoms with Crippen LogP contribution in [0.1, 0.15) is 17.2 Å². The Labute approximate surface area is 157 Å². The van der Waals surface area contributed by atoms with Gasteiger partial charge in [0.15, 0.2) is 0 Å². The van der Waals surface area contributed by atoms with Crippen molar-refractivity contribution in [3.63, 3.8) is 0 Å². The van der Waals surface area contributed by atoms with E-state index < -0.39 is 17.9 Å². The van der Waals surface area contributed by atoms with Gasteiger partial charge in [-0.1, -0.05) is 29.8 Å². The van der Waals surface area contributed by atoms with Crippen LogP contribution in [0, 0.1) is 6.92 Å². The Morgan fingerprint density at radius 2 is 1.77 bits per heavy atom. The van der Waals surface area contributed by atoms with E-state index in [9.17, 15) is 14.7 Å². The molecule has 0 bridgehead atoms. The molecule has 0 fully saturated rings. The number of anilines is 2. The lowest BCUT2D eigenvalue weighted by molar-refractivity contribution is -0.136. The zero-order valence-corrected chi connectivity index (χ0v) is 15.7. The standard InChI is InChI=1S/C19H22ClN3O3/c1-12-4-7-14(10-16(12)20)22-19(26)18(25)21-11-17(24)13-5-8-15(9-6-13)23(2)3/h4-10,17,24H,11H2,1-3H3,(H,21,25)(H,22,26). The van der Waals surface area contributed by atoms with E-state index in [1.807, 2.05) is 38.1 Å². The summed E-state index contributed by atoms with van der Waals surface area (Å²) in [5.74, 6) is -1.65. The summed E-state index contributed by atoms with van der Waals surface area (Å²) in [5, 5.41) is 15.6. The summed E-state index contributed by atoms with van der Waals surface area (Å²) in [6.45, 7) is 1.77. The number of halogens is 1. The number of aliphatic hydroxyl groups is 1. The number of carbonyl (C=O) groups is 2. The number of rotatable bonds is 5. The smallest absolute Gasteiger partial charge is 0.313 e. The van der Waals surface area contributed by atoms with Gasteiger partial charge in [0.1, 0.15) is 0 Å². The second-order valence-corrected chi connectivity index (χ2v) is 6.54. The highest BCUT2D eigenvalue weighted by atomic mass is 35.5. The molecule has 0 aliphatic rings. The zero-order valence-electron chi connectivity index (χ0n) is 14.9. The molecular weight excluding hydrogens is 354 g/mol. The lowest BCUT2D eigenvalue weighted by Crippen LogP contribution is -2.37. The highest BCUT2D eigenvalue weighted by Crippen LogP contribution is 2.20. The summed E-state index contributed by atoms with van der Waals surface area (Å²) in [7, 11) is 3.84. The van der Waals surface area contributed by atoms with E-state index >= 15 is 0 Å². The van der Waals surface area contributed by atoms with Crippen molar-refractivity contribution in [1.82, 2.24) is 5.32 Å². The summed E-state index contributed by atoms with van der Waals surface area (Å²) < 4.78 is 0. The Balaban J connectivity index is 1.88. The lowest BCUT2D eigenvalue weighted by Gasteiger charge is -2.15. The fraction of sp³-hybridized carbons (Fsp3) is 0.263. The minimum Gasteiger partial charge on any atom is -0.387 e. The van der Waals surface area contributed by atoms with Crippen molar-refractivity contribution >= 4 is 34.8 Å². The maximum Gasteiger partial charge on any atom is 0.313 e. The molecule has 26 heavy (non-hydrogen) atoms. The first-order valence-corrected chi connectivity index (χ1v) is 8.46. The van der Waals surface area contributed by atoms with Gasteiger partial charge < -0.3 is 20.6 Å². The molecule has 0 aromatic heterocycles. The Bertz CT molecular complexity index is 791. The summed E-state index contributed by atoms with van der Waals surface area (Å²) in [6.07, 6.45) is -0.906. The van der Waals surface area contributed by atoms with Crippen molar-refractivity contribution in [2.45, 2.75) is 13.0 Å². The van der Waals surface area contributed by atoms with Crippen LogP contribution in [0.5, 0.6) is 0 Å². The highest BCUT2D eigenvalue weighted by Gasteiger charge is 2.16. The van der Waals surface area contributed by atoms with Gasteiger partial charge in [0.2, 0.25) is 0 Å². The predicted octanol–water partition coefficient (Wildman–Crippen LogP) is 2.50. The number of amides is 2. The van der Waals surface area contributed by atoms with E-state index in [1.54, 1.807) is 30.3 Å². The molecule has 7 heteroatoms. The molecule has 2 amide bonds. The Hall–Kier alpha value is -2.57. The summed E-state index contributed by atoms with van der Waals surface area (Å²) in [4.78, 5) is 25.8. The van der Waals surface area contributed by atoms with Gasteiger partial charge in [-0.25, -0.2) is 0 Å². The molecule has 2 rings (SSSR count). The quantitative estimate of drug-likeness (QED) is 0.701. The van der Waals surface area contributed by atoms with Gasteiger partial charge in [0.05, 0.1) is 6.10 Å². The van der Waals surface area contributed by atoms with Gasteiger partial charge >= 0.3 is 11.8 Å². The largest absolute Gasteiger partial charge is 0.387 e. The zero-order chi connectivity index (χ0) is 19.3. The predicted molar refractivity (Wildman–Crippen MR) is 104 cm³/mol. The first kappa shape index (κ1) is 19.8. The van der Waals surface area contributed by atoms with Crippen LogP contribution in [-0.2, 0) is 9.59 Å². The molecule has 0 heterocycles. The molecule has 2 aromatic rings. The first-order valence-electron chi connectivity index (χ1n) is 8.08. The number of hydrogen-bond donors (Lipinski definition) is 3. The summed E-state index contributed by atoms with van der Waals surface area (Å²) >= 11 is 5.99. The molecule has 0 saturated carbocycles. The minimum absolute atomic E-state index is 0.0672. The third kappa shape index (κ3) is 5.21. The molecule has 0 aliphatic heterocycles. The van der Waals surface area contributed by atoms with Gasteiger partial charge in [-0.05, 0) is 42.3 Å². The van der Waals surface area contributed by atoms with Crippen molar-refractivity contribution in [2.75, 3.05) is 30.9 Å². The van der Waals surface area contributed by atoms with Gasteiger partial charge in [-0.15, -0.1) is 0 Å². The van der Waals surface area contributed by atoms with Crippen LogP contribution in [0.15, 0.2) is 42.5 Å². The van der Waals surface area contributed by atoms with Crippen LogP contribution in [0.3, 0.4) is 0 Å². The molecular formula is C19H22ClN3O3. The van der Waals surface area contributed by atoms with Crippen molar-refractivity contribution in [1.29, 1.82) is 0 Å². The number of nitrogens with one attached hydrogen (secondary N) is 2. The van der Waals surface area contributed by atoms with Crippen LogP contribution in [0.25, 0.3) is 0 Å². The number of carbonyl (C=O) groups excluding carboxylic acids is 2. The second kappa shape index (κ2) is 8.69. The molecule has 1 atom stereocenters. The van der Waals surface area contributed by atoms with E-state index in [1.165, 1.54) is 0 Å². The van der Waals surface area contributed by atoms with Crippen LogP contribution >= 0.6 is 11.6 Å². The fourth-order valence-electron chi connectivity index (χ4n) is 2.24. The molecule has 6 nitrogen and oxygen atoms in total. The summed E-state index contributed by atoms with van der Waals surface area (Å²) in [5.41, 5.74) is 2.96. The van der Waals surface area contributed by atoms with E-state index in [0.717, 1.165) is 11.3 Å². The van der Waals surface area contributed by atoms with Crippen LogP contribution in [-0.4, -0.2) is 37.6 Å². The molecule has 0 spiro atoms. The number of nitrogens with zero attached hydrogens (tertiary/aromatic N) is 1. The normalized spacial score (nSPS) is 11.6. The average Bonchev–Trinajstić information content (AvgIpc) is 2.62. The van der Waals surface area contributed by atoms with Crippen molar-refractivity contribution in [2.24, 2.45) is 0 Å². The summed E-state index contributed by atoms with van der Waals surface area (Å²) in [6, 6.07) is 12.3. The van der Waals surface area contributed by atoms with E-state index in [-0.39, 0.29) is 6.54 Å². The SMILES string of the molecule is Cc1ccc(NC(=O)C(=O)NCC(O)c2ccc(N(C)C)cc2)cc1Cl. The number of aliphatic hydroxyl groups excluding tert-OH is 1. The molecule has 3 N–H and O–H groups in total. The van der Waals surface area contributed by atoms with Crippen molar-refractivity contribution < 1.29 is 14.7 Å². The average molecular weight is 376 g/mol. The van der Waals surface area contributed by atoms with Crippen molar-refractivity contribution in [3.05, 3.63) is 58.6 Å². The first-order chi connectivity index (χ1) is 12.3. The molecule has 138 valence electrons. The topological polar surface area (TPSA) is 81.7 Å². The third-order valence-corrected chi connectivity index (χ3v) is 4.29. The molecule has 0 aliphatic carbocycles. The monoisotopic (exact) mass is 375 g/mol. The molecule has 0 radical (unpaired) electrons.